The molecule has 0 aliphatic carbocycles. The number of primary amides is 1. The summed E-state index contributed by atoms with van der Waals surface area (Å²) in [5, 5.41) is 4.64. The summed E-state index contributed by atoms with van der Waals surface area (Å²) in [6.45, 7) is 1.32. The van der Waals surface area contributed by atoms with Crippen LogP contribution in [0.4, 0.5) is 4.79 Å². The second-order valence-electron chi connectivity index (χ2n) is 5.99. The molecule has 0 bridgehead atoms. The van der Waals surface area contributed by atoms with Crippen LogP contribution in [-0.2, 0) is 14.3 Å². The van der Waals surface area contributed by atoms with Crippen molar-refractivity contribution < 1.29 is 23.9 Å². The second-order valence-corrected chi connectivity index (χ2v) is 5.99. The molecule has 2 aromatic rings. The molecule has 8 heteroatoms. The third-order valence-corrected chi connectivity index (χ3v) is 3.84. The number of ether oxygens (including phenoxy) is 1. The van der Waals surface area contributed by atoms with Gasteiger partial charge in [0.15, 0.2) is 6.10 Å². The zero-order valence-corrected chi connectivity index (χ0v) is 15.3. The number of esters is 1. The van der Waals surface area contributed by atoms with Crippen LogP contribution in [0.15, 0.2) is 60.7 Å². The topological polar surface area (TPSA) is 128 Å². The third-order valence-electron chi connectivity index (χ3n) is 3.84. The van der Waals surface area contributed by atoms with Gasteiger partial charge in [-0.25, -0.2) is 4.79 Å². The average molecular weight is 383 g/mol. The molecule has 28 heavy (non-hydrogen) atoms. The van der Waals surface area contributed by atoms with Gasteiger partial charge < -0.3 is 15.8 Å². The van der Waals surface area contributed by atoms with Crippen LogP contribution < -0.4 is 16.4 Å². The number of nitrogens with two attached hydrogens (primary N) is 1. The minimum absolute atomic E-state index is 0.198. The van der Waals surface area contributed by atoms with Crippen LogP contribution in [0.1, 0.15) is 35.3 Å². The summed E-state index contributed by atoms with van der Waals surface area (Å²) in [5.74, 6) is -1.89. The maximum absolute atomic E-state index is 12.5. The molecule has 0 heterocycles. The number of carbonyl (C=O) groups excluding carboxylic acids is 4. The molecular weight excluding hydrogens is 362 g/mol. The lowest BCUT2D eigenvalue weighted by molar-refractivity contribution is -0.154. The van der Waals surface area contributed by atoms with Gasteiger partial charge in [-0.15, -0.1) is 0 Å². The normalized spacial score (nSPS) is 12.3. The lowest BCUT2D eigenvalue weighted by Gasteiger charge is -2.20. The highest BCUT2D eigenvalue weighted by molar-refractivity contribution is 5.96. The Morgan fingerprint density at radius 1 is 0.964 bits per heavy atom. The Morgan fingerprint density at radius 3 is 2.11 bits per heavy atom. The Bertz CT molecular complexity index is 839. The Balaban J connectivity index is 2.08. The van der Waals surface area contributed by atoms with Crippen LogP contribution in [0, 0.1) is 0 Å². The van der Waals surface area contributed by atoms with Crippen molar-refractivity contribution in [2.24, 2.45) is 5.73 Å². The summed E-state index contributed by atoms with van der Waals surface area (Å²) < 4.78 is 5.04. The molecule has 0 radical (unpaired) electrons. The minimum atomic E-state index is -1.21. The SMILES string of the molecule is C[C@H](OC(=O)C[C@@H](NC(=O)c1ccccc1)c1ccccc1)C(=O)NC(N)=O. The van der Waals surface area contributed by atoms with Gasteiger partial charge in [-0.2, -0.15) is 0 Å². The van der Waals surface area contributed by atoms with Crippen molar-refractivity contribution in [3.05, 3.63) is 71.8 Å². The number of benzene rings is 2. The van der Waals surface area contributed by atoms with Crippen molar-refractivity contribution in [2.45, 2.75) is 25.5 Å². The monoisotopic (exact) mass is 383 g/mol. The molecular formula is C20H21N3O5. The van der Waals surface area contributed by atoms with Crippen molar-refractivity contribution in [1.82, 2.24) is 10.6 Å². The summed E-state index contributed by atoms with van der Waals surface area (Å²) >= 11 is 0. The first-order valence-electron chi connectivity index (χ1n) is 8.57. The fourth-order valence-corrected chi connectivity index (χ4v) is 2.46. The van der Waals surface area contributed by atoms with E-state index in [1.165, 1.54) is 6.92 Å². The van der Waals surface area contributed by atoms with Gasteiger partial charge in [-0.05, 0) is 24.6 Å². The molecule has 4 amide bonds. The molecule has 2 aromatic carbocycles. The lowest BCUT2D eigenvalue weighted by atomic mass is 10.0. The lowest BCUT2D eigenvalue weighted by Crippen LogP contribution is -2.42. The van der Waals surface area contributed by atoms with Gasteiger partial charge in [-0.3, -0.25) is 19.7 Å². The zero-order chi connectivity index (χ0) is 20.5. The smallest absolute Gasteiger partial charge is 0.318 e. The molecule has 0 saturated carbocycles. The molecule has 2 atom stereocenters. The highest BCUT2D eigenvalue weighted by atomic mass is 16.5. The largest absolute Gasteiger partial charge is 0.452 e. The maximum atomic E-state index is 12.5. The van der Waals surface area contributed by atoms with E-state index >= 15 is 0 Å². The van der Waals surface area contributed by atoms with E-state index in [2.05, 4.69) is 5.32 Å². The van der Waals surface area contributed by atoms with E-state index in [9.17, 15) is 19.2 Å². The molecule has 0 saturated heterocycles. The number of carbonyl (C=O) groups is 4. The highest BCUT2D eigenvalue weighted by Gasteiger charge is 2.24. The Labute approximate surface area is 162 Å². The van der Waals surface area contributed by atoms with Gasteiger partial charge >= 0.3 is 12.0 Å². The van der Waals surface area contributed by atoms with Crippen molar-refractivity contribution >= 4 is 23.8 Å². The van der Waals surface area contributed by atoms with Crippen LogP contribution >= 0.6 is 0 Å². The average Bonchev–Trinajstić information content (AvgIpc) is 2.68. The minimum Gasteiger partial charge on any atom is -0.452 e. The van der Waals surface area contributed by atoms with Crippen LogP contribution in [0.2, 0.25) is 0 Å². The molecule has 2 rings (SSSR count). The summed E-state index contributed by atoms with van der Waals surface area (Å²) in [6, 6.07) is 15.8. The number of amides is 4. The van der Waals surface area contributed by atoms with Crippen LogP contribution in [0.25, 0.3) is 0 Å². The number of hydrogen-bond donors (Lipinski definition) is 3. The number of nitrogens with one attached hydrogen (secondary N) is 2. The van der Waals surface area contributed by atoms with E-state index in [-0.39, 0.29) is 12.3 Å². The van der Waals surface area contributed by atoms with E-state index in [0.717, 1.165) is 0 Å². The van der Waals surface area contributed by atoms with Crippen molar-refractivity contribution in [2.75, 3.05) is 0 Å². The van der Waals surface area contributed by atoms with Crippen LogP contribution in [-0.4, -0.2) is 29.9 Å². The van der Waals surface area contributed by atoms with E-state index in [1.54, 1.807) is 54.6 Å². The fourth-order valence-electron chi connectivity index (χ4n) is 2.46. The van der Waals surface area contributed by atoms with E-state index in [0.29, 0.717) is 11.1 Å². The number of imide groups is 1. The first-order chi connectivity index (χ1) is 13.4. The van der Waals surface area contributed by atoms with Gasteiger partial charge in [0.1, 0.15) is 0 Å². The van der Waals surface area contributed by atoms with Crippen molar-refractivity contribution in [3.8, 4) is 0 Å². The molecule has 0 spiro atoms. The first kappa shape index (κ1) is 20.6. The van der Waals surface area contributed by atoms with Gasteiger partial charge in [-0.1, -0.05) is 48.5 Å². The molecule has 0 aliphatic rings. The van der Waals surface area contributed by atoms with Crippen LogP contribution in [0.5, 0.6) is 0 Å². The Kier molecular flexibility index (Phi) is 7.27. The van der Waals surface area contributed by atoms with E-state index in [1.807, 2.05) is 11.4 Å². The standard InChI is InChI=1S/C20H21N3O5/c1-13(18(25)23-20(21)27)28-17(24)12-16(14-8-4-2-5-9-14)22-19(26)15-10-6-3-7-11-15/h2-11,13,16H,12H2,1H3,(H,22,26)(H3,21,23,25,27)/t13-,16+/m0/s1. The zero-order valence-electron chi connectivity index (χ0n) is 15.3. The van der Waals surface area contributed by atoms with E-state index in [4.69, 9.17) is 10.5 Å². The summed E-state index contributed by atoms with van der Waals surface area (Å²) in [5.41, 5.74) is 6.03. The highest BCUT2D eigenvalue weighted by Crippen LogP contribution is 2.18. The van der Waals surface area contributed by atoms with E-state index < -0.39 is 30.1 Å². The maximum Gasteiger partial charge on any atom is 0.318 e. The third kappa shape index (κ3) is 6.24. The van der Waals surface area contributed by atoms with Gasteiger partial charge in [0, 0.05) is 5.56 Å². The Morgan fingerprint density at radius 2 is 1.54 bits per heavy atom. The first-order valence-corrected chi connectivity index (χ1v) is 8.57. The summed E-state index contributed by atoms with van der Waals surface area (Å²) in [6.07, 6.45) is -1.40. The Hall–Kier alpha value is -3.68. The molecule has 0 unspecified atom stereocenters. The van der Waals surface area contributed by atoms with Gasteiger partial charge in [0.25, 0.3) is 11.8 Å². The molecule has 0 fully saturated rings. The predicted molar refractivity (Wildman–Crippen MR) is 101 cm³/mol. The van der Waals surface area contributed by atoms with Gasteiger partial charge in [0.2, 0.25) is 0 Å². The predicted octanol–water partition coefficient (Wildman–Crippen LogP) is 1.67. The molecule has 8 nitrogen and oxygen atoms in total. The molecule has 0 aromatic heterocycles. The second kappa shape index (κ2) is 9.86. The molecule has 146 valence electrons. The summed E-state index contributed by atoms with van der Waals surface area (Å²) in [4.78, 5) is 47.1. The van der Waals surface area contributed by atoms with Crippen LogP contribution in [0.3, 0.4) is 0 Å². The summed E-state index contributed by atoms with van der Waals surface area (Å²) in [7, 11) is 0. The number of urea groups is 1. The number of hydrogen-bond acceptors (Lipinski definition) is 5. The fraction of sp³-hybridized carbons (Fsp3) is 0.200. The quantitative estimate of drug-likeness (QED) is 0.627. The molecule has 4 N–H and O–H groups in total. The van der Waals surface area contributed by atoms with Gasteiger partial charge in [0.05, 0.1) is 12.5 Å². The van der Waals surface area contributed by atoms with Crippen molar-refractivity contribution in [3.63, 3.8) is 0 Å². The number of rotatable bonds is 7. The van der Waals surface area contributed by atoms with Crippen molar-refractivity contribution in [1.29, 1.82) is 0 Å². The molecule has 0 aliphatic heterocycles.